The SMILES string of the molecule is C=CCCCCC(I)CC(F)(F)C(F)(F)C(F)(F)C(F)(F)C(F)(F)C(F)(F)CC(I)CCCCC(I)CC(F)(F)C(F)(F)C(F)(F)C(F)(F)C(F)(F)C(F)(F)CC(C)(I)C(=O)OCCCOCCOC. The molecular formula is C38H46F24I4O4. The van der Waals surface area contributed by atoms with Crippen LogP contribution in [0.15, 0.2) is 12.7 Å². The van der Waals surface area contributed by atoms with Gasteiger partial charge in [-0.2, -0.15) is 105 Å². The van der Waals surface area contributed by atoms with Crippen molar-refractivity contribution in [2.24, 2.45) is 0 Å². The van der Waals surface area contributed by atoms with E-state index in [1.165, 1.54) is 13.2 Å². The molecule has 0 rings (SSSR count). The summed E-state index contributed by atoms with van der Waals surface area (Å²) in [7, 11) is 1.32. The second kappa shape index (κ2) is 26.1. The Hall–Kier alpha value is 0.370. The lowest BCUT2D eigenvalue weighted by atomic mass is 9.87. The van der Waals surface area contributed by atoms with Gasteiger partial charge in [0.15, 0.2) is 0 Å². The zero-order chi connectivity index (χ0) is 55.7. The van der Waals surface area contributed by atoms with Gasteiger partial charge in [0.1, 0.15) is 3.42 Å². The van der Waals surface area contributed by atoms with Crippen molar-refractivity contribution in [1.29, 1.82) is 0 Å². The molecule has 0 aromatic heterocycles. The van der Waals surface area contributed by atoms with Gasteiger partial charge in [-0.3, -0.25) is 4.79 Å². The van der Waals surface area contributed by atoms with Crippen LogP contribution in [0.25, 0.3) is 0 Å². The number of carbonyl (C=O) groups is 1. The van der Waals surface area contributed by atoms with E-state index in [9.17, 15) is 110 Å². The number of halogens is 28. The van der Waals surface area contributed by atoms with Crippen LogP contribution in [0.5, 0.6) is 0 Å². The maximum absolute atomic E-state index is 14.7. The third-order valence-corrected chi connectivity index (χ3v) is 14.2. The molecule has 418 valence electrons. The molecule has 0 aliphatic rings. The predicted molar refractivity (Wildman–Crippen MR) is 239 cm³/mol. The van der Waals surface area contributed by atoms with Crippen LogP contribution in [0.3, 0.4) is 0 Å². The average molecular weight is 1530 g/mol. The summed E-state index contributed by atoms with van der Waals surface area (Å²) in [5.74, 6) is -89.0. The topological polar surface area (TPSA) is 44.8 Å². The molecule has 0 bridgehead atoms. The molecule has 0 aliphatic carbocycles. The average Bonchev–Trinajstić information content (AvgIpc) is 3.19. The molecule has 0 saturated heterocycles. The van der Waals surface area contributed by atoms with Gasteiger partial charge in [0.2, 0.25) is 0 Å². The molecule has 0 radical (unpaired) electrons. The monoisotopic (exact) mass is 1530 g/mol. The molecule has 4 unspecified atom stereocenters. The standard InChI is InChI=1S/C38H46F24I4O4/c1-4-5-6-7-11-22(63)18-27(39,40)31(47,48)35(55,56)36(57,58)32(49,50)28(41,42)19-23(64)12-8-9-13-24(65)20-29(43,44)33(51,52)37(59,60)38(61,62)34(53,54)30(45,46)21-26(2,66)25(67)70-15-10-14-69-17-16-68-3/h4,22-24H,1,5-21H2,2-3H3. The highest BCUT2D eigenvalue weighted by atomic mass is 127. The van der Waals surface area contributed by atoms with E-state index < -0.39 is 150 Å². The minimum Gasteiger partial charge on any atom is -0.465 e. The zero-order valence-corrected chi connectivity index (χ0v) is 44.9. The quantitative estimate of drug-likeness (QED) is 0.0157. The van der Waals surface area contributed by atoms with Crippen LogP contribution in [0.1, 0.15) is 90.4 Å². The first-order valence-electron chi connectivity index (χ1n) is 20.1. The summed E-state index contributed by atoms with van der Waals surface area (Å²) in [6.07, 6.45) is -12.2. The van der Waals surface area contributed by atoms with Gasteiger partial charge in [0.25, 0.3) is 0 Å². The van der Waals surface area contributed by atoms with Crippen LogP contribution in [0.2, 0.25) is 0 Å². The predicted octanol–water partition coefficient (Wildman–Crippen LogP) is 16.7. The zero-order valence-electron chi connectivity index (χ0n) is 36.3. The maximum atomic E-state index is 14.7. The number of alkyl halides is 28. The lowest BCUT2D eigenvalue weighted by Gasteiger charge is -2.42. The van der Waals surface area contributed by atoms with Crippen LogP contribution in [-0.2, 0) is 19.0 Å². The Morgan fingerprint density at radius 2 is 0.786 bits per heavy atom. The van der Waals surface area contributed by atoms with Crippen LogP contribution in [0, 0.1) is 0 Å². The third kappa shape index (κ3) is 16.0. The van der Waals surface area contributed by atoms with Crippen molar-refractivity contribution in [3.63, 3.8) is 0 Å². The van der Waals surface area contributed by atoms with Crippen LogP contribution < -0.4 is 0 Å². The third-order valence-electron chi connectivity index (χ3n) is 10.2. The van der Waals surface area contributed by atoms with Crippen molar-refractivity contribution in [3.8, 4) is 0 Å². The van der Waals surface area contributed by atoms with E-state index in [-0.39, 0.29) is 45.5 Å². The molecule has 4 atom stereocenters. The Bertz CT molecular complexity index is 1640. The summed E-state index contributed by atoms with van der Waals surface area (Å²) in [5, 5.41) is 0. The molecule has 70 heavy (non-hydrogen) atoms. The summed E-state index contributed by atoms with van der Waals surface area (Å²) < 4.78 is 356. The lowest BCUT2D eigenvalue weighted by Crippen LogP contribution is -2.71. The normalized spacial score (nSPS) is 17.0. The Morgan fingerprint density at radius 3 is 1.10 bits per heavy atom. The fourth-order valence-electron chi connectivity index (χ4n) is 5.94. The Morgan fingerprint density at radius 1 is 0.471 bits per heavy atom. The molecule has 0 aromatic carbocycles. The molecule has 0 aromatic rings. The summed E-state index contributed by atoms with van der Waals surface area (Å²) in [6, 6.07) is 0. The Labute approximate surface area is 440 Å². The van der Waals surface area contributed by atoms with Crippen molar-refractivity contribution < 1.29 is 124 Å². The lowest BCUT2D eigenvalue weighted by molar-refractivity contribution is -0.425. The number of ether oxygens (including phenoxy) is 3. The van der Waals surface area contributed by atoms with E-state index >= 15 is 0 Å². The molecule has 4 nitrogen and oxygen atoms in total. The molecule has 0 aliphatic heterocycles. The number of methoxy groups -OCH3 is 1. The molecular weight excluding hydrogens is 1480 g/mol. The van der Waals surface area contributed by atoms with E-state index in [1.807, 2.05) is 0 Å². The second-order valence-electron chi connectivity index (χ2n) is 16.1. The van der Waals surface area contributed by atoms with E-state index in [2.05, 4.69) is 16.1 Å². The Kier molecular flexibility index (Phi) is 26.3. The van der Waals surface area contributed by atoms with Crippen molar-refractivity contribution in [2.45, 2.75) is 177 Å². The van der Waals surface area contributed by atoms with E-state index in [4.69, 9.17) is 4.74 Å². The number of carbonyl (C=O) groups excluding carboxylic acids is 1. The van der Waals surface area contributed by atoms with Crippen molar-refractivity contribution in [2.75, 3.05) is 33.5 Å². The van der Waals surface area contributed by atoms with Crippen molar-refractivity contribution >= 4 is 96.3 Å². The summed E-state index contributed by atoms with van der Waals surface area (Å²) in [4.78, 5) is 12.3. The van der Waals surface area contributed by atoms with Gasteiger partial charge < -0.3 is 14.2 Å². The number of unbranched alkanes of at least 4 members (excludes halogenated alkanes) is 3. The van der Waals surface area contributed by atoms with Gasteiger partial charge in [0, 0.05) is 57.6 Å². The van der Waals surface area contributed by atoms with Gasteiger partial charge >= 0.3 is 77.0 Å². The Balaban J connectivity index is 5.86. The molecule has 0 amide bonds. The van der Waals surface area contributed by atoms with Crippen LogP contribution in [0.4, 0.5) is 105 Å². The number of rotatable bonds is 36. The minimum atomic E-state index is -8.00. The fourth-order valence-corrected chi connectivity index (χ4v) is 9.55. The van der Waals surface area contributed by atoms with E-state index in [0.29, 0.717) is 35.9 Å². The fraction of sp³-hybridized carbons (Fsp3) is 0.921. The number of hydrogen-bond acceptors (Lipinski definition) is 4. The highest BCUT2D eigenvalue weighted by molar-refractivity contribution is 14.1. The minimum absolute atomic E-state index is 0.0203. The summed E-state index contributed by atoms with van der Waals surface area (Å²) in [5.41, 5.74) is 0. The van der Waals surface area contributed by atoms with Crippen LogP contribution >= 0.6 is 90.4 Å². The molecule has 0 fully saturated rings. The first-order chi connectivity index (χ1) is 31.1. The molecule has 0 saturated carbocycles. The van der Waals surface area contributed by atoms with Crippen molar-refractivity contribution in [1.82, 2.24) is 0 Å². The van der Waals surface area contributed by atoms with Gasteiger partial charge in [-0.1, -0.05) is 116 Å². The first-order valence-corrected chi connectivity index (χ1v) is 24.9. The van der Waals surface area contributed by atoms with Gasteiger partial charge in [-0.05, 0) is 39.0 Å². The molecule has 32 heteroatoms. The largest absolute Gasteiger partial charge is 0.465 e. The second-order valence-corrected chi connectivity index (χ2v) is 23.8. The number of hydrogen-bond donors (Lipinski definition) is 0. The smallest absolute Gasteiger partial charge is 0.384 e. The molecule has 0 N–H and O–H groups in total. The highest BCUT2D eigenvalue weighted by Crippen LogP contribution is 2.64. The molecule has 0 heterocycles. The van der Waals surface area contributed by atoms with Gasteiger partial charge in [0.05, 0.1) is 19.8 Å². The molecule has 0 spiro atoms. The van der Waals surface area contributed by atoms with Gasteiger partial charge in [-0.25, -0.2) is 0 Å². The van der Waals surface area contributed by atoms with Crippen LogP contribution in [-0.4, -0.2) is 126 Å². The number of esters is 1. The van der Waals surface area contributed by atoms with Gasteiger partial charge in [-0.15, -0.1) is 6.58 Å². The summed E-state index contributed by atoms with van der Waals surface area (Å²) >= 11 is 3.37. The van der Waals surface area contributed by atoms with Crippen molar-refractivity contribution in [3.05, 3.63) is 12.7 Å². The van der Waals surface area contributed by atoms with E-state index in [1.54, 1.807) is 0 Å². The maximum Gasteiger partial charge on any atom is 0.384 e. The first kappa shape index (κ1) is 70.4. The highest BCUT2D eigenvalue weighted by Gasteiger charge is 2.91. The number of allylic oxidation sites excluding steroid dienone is 1. The van der Waals surface area contributed by atoms with E-state index in [0.717, 1.165) is 67.8 Å². The summed E-state index contributed by atoms with van der Waals surface area (Å²) in [6.45, 7) is 3.12.